The monoisotopic (exact) mass is 461 g/mol. The number of rotatable bonds is 5. The minimum atomic E-state index is -0.340. The molecule has 3 aromatic heterocycles. The maximum Gasteiger partial charge on any atom is 0.269 e. The fourth-order valence-electron chi connectivity index (χ4n) is 3.97. The summed E-state index contributed by atoms with van der Waals surface area (Å²) >= 11 is 0. The van der Waals surface area contributed by atoms with E-state index in [0.29, 0.717) is 17.2 Å². The first-order valence-corrected chi connectivity index (χ1v) is 11.3. The van der Waals surface area contributed by atoms with Gasteiger partial charge in [0, 0.05) is 6.20 Å². The lowest BCUT2D eigenvalue weighted by atomic mass is 10.0. The first kappa shape index (κ1) is 22.1. The number of aryl methyl sites for hydroxylation is 1. The number of imidazole rings is 1. The minimum Gasteiger partial charge on any atom is -0.438 e. The van der Waals surface area contributed by atoms with Gasteiger partial charge >= 0.3 is 0 Å². The summed E-state index contributed by atoms with van der Waals surface area (Å²) in [5, 5.41) is 9.96. The average Bonchev–Trinajstić information content (AvgIpc) is 3.28. The number of allylic oxidation sites excluding steroid dienone is 1. The second-order valence-corrected chi connectivity index (χ2v) is 8.64. The lowest BCUT2D eigenvalue weighted by Crippen LogP contribution is -2.19. The SMILES string of the molecule is Cc1ccc(C(C)C)c(Oc2nc3ccccn3c(=O)c2C=C(C#N)c2nc3ccccc3[nH]2)c1. The fraction of sp³-hybridized carbons (Fsp3) is 0.143. The van der Waals surface area contributed by atoms with Crippen molar-refractivity contribution in [2.75, 3.05) is 0 Å². The number of hydrogen-bond acceptors (Lipinski definition) is 5. The van der Waals surface area contributed by atoms with Crippen molar-refractivity contribution >= 4 is 28.3 Å². The summed E-state index contributed by atoms with van der Waals surface area (Å²) in [6, 6.07) is 21.0. The first-order chi connectivity index (χ1) is 16.9. The molecule has 0 amide bonds. The van der Waals surface area contributed by atoms with Gasteiger partial charge in [-0.05, 0) is 60.4 Å². The molecule has 0 saturated carbocycles. The van der Waals surface area contributed by atoms with Crippen LogP contribution >= 0.6 is 0 Å². The van der Waals surface area contributed by atoms with Crippen molar-refractivity contribution in [3.63, 3.8) is 0 Å². The van der Waals surface area contributed by atoms with Gasteiger partial charge in [0.15, 0.2) is 0 Å². The molecule has 7 nitrogen and oxygen atoms in total. The van der Waals surface area contributed by atoms with Gasteiger partial charge in [-0.25, -0.2) is 4.98 Å². The van der Waals surface area contributed by atoms with Crippen molar-refractivity contribution < 1.29 is 4.74 Å². The summed E-state index contributed by atoms with van der Waals surface area (Å²) in [7, 11) is 0. The van der Waals surface area contributed by atoms with E-state index in [4.69, 9.17) is 4.74 Å². The lowest BCUT2D eigenvalue weighted by molar-refractivity contribution is 0.452. The van der Waals surface area contributed by atoms with Crippen molar-refractivity contribution in [1.29, 1.82) is 5.26 Å². The maximum atomic E-state index is 13.5. The highest BCUT2D eigenvalue weighted by Crippen LogP contribution is 2.33. The van der Waals surface area contributed by atoms with Crippen LogP contribution in [0.5, 0.6) is 11.6 Å². The lowest BCUT2D eigenvalue weighted by Gasteiger charge is -2.16. The highest BCUT2D eigenvalue weighted by molar-refractivity contribution is 5.91. The number of nitrogens with one attached hydrogen (secondary N) is 1. The van der Waals surface area contributed by atoms with Crippen LogP contribution in [0.25, 0.3) is 28.3 Å². The topological polar surface area (TPSA) is 96.1 Å². The van der Waals surface area contributed by atoms with Gasteiger partial charge in [-0.3, -0.25) is 9.20 Å². The number of aromatic amines is 1. The molecule has 0 unspecified atom stereocenters. The second kappa shape index (κ2) is 8.92. The van der Waals surface area contributed by atoms with Crippen molar-refractivity contribution in [2.24, 2.45) is 0 Å². The molecule has 0 aliphatic heterocycles. The number of pyridine rings is 1. The summed E-state index contributed by atoms with van der Waals surface area (Å²) in [6.45, 7) is 6.14. The number of nitriles is 1. The summed E-state index contributed by atoms with van der Waals surface area (Å²) in [4.78, 5) is 25.9. The van der Waals surface area contributed by atoms with Gasteiger partial charge in [-0.15, -0.1) is 0 Å². The third-order valence-corrected chi connectivity index (χ3v) is 5.79. The Bertz CT molecular complexity index is 1670. The van der Waals surface area contributed by atoms with Crippen LogP contribution < -0.4 is 10.3 Å². The third kappa shape index (κ3) is 4.18. The van der Waals surface area contributed by atoms with Gasteiger partial charge in [0.25, 0.3) is 5.56 Å². The number of aromatic nitrogens is 4. The van der Waals surface area contributed by atoms with Crippen molar-refractivity contribution in [1.82, 2.24) is 19.4 Å². The highest BCUT2D eigenvalue weighted by atomic mass is 16.5. The zero-order chi connectivity index (χ0) is 24.5. The van der Waals surface area contributed by atoms with E-state index < -0.39 is 0 Å². The molecule has 0 aliphatic rings. The fourth-order valence-corrected chi connectivity index (χ4v) is 3.97. The van der Waals surface area contributed by atoms with E-state index in [1.54, 1.807) is 18.3 Å². The Morgan fingerprint density at radius 3 is 2.69 bits per heavy atom. The molecular weight excluding hydrogens is 438 g/mol. The number of nitrogens with zero attached hydrogens (tertiary/aromatic N) is 4. The molecule has 3 heterocycles. The standard InChI is InChI=1S/C28H23N5O2/c1-17(2)20-12-11-18(3)14-24(20)35-27-21(28(34)33-13-7-6-10-25(33)32-27)15-19(16-29)26-30-22-8-4-5-9-23(22)31-26/h4-15,17H,1-3H3,(H,30,31). The van der Waals surface area contributed by atoms with Gasteiger partial charge in [0.2, 0.25) is 5.88 Å². The van der Waals surface area contributed by atoms with Gasteiger partial charge in [-0.1, -0.05) is 44.2 Å². The molecule has 7 heteroatoms. The number of fused-ring (bicyclic) bond motifs is 2. The van der Waals surface area contributed by atoms with E-state index in [-0.39, 0.29) is 28.5 Å². The summed E-state index contributed by atoms with van der Waals surface area (Å²) < 4.78 is 7.74. The molecule has 2 aromatic carbocycles. The van der Waals surface area contributed by atoms with Crippen LogP contribution in [0, 0.1) is 18.3 Å². The smallest absolute Gasteiger partial charge is 0.269 e. The molecule has 172 valence electrons. The quantitative estimate of drug-likeness (QED) is 0.331. The molecule has 5 rings (SSSR count). The van der Waals surface area contributed by atoms with Crippen LogP contribution in [0.2, 0.25) is 0 Å². The van der Waals surface area contributed by atoms with Crippen LogP contribution in [-0.2, 0) is 0 Å². The molecule has 0 aliphatic carbocycles. The van der Waals surface area contributed by atoms with E-state index >= 15 is 0 Å². The van der Waals surface area contributed by atoms with Crippen LogP contribution in [0.3, 0.4) is 0 Å². The van der Waals surface area contributed by atoms with E-state index in [9.17, 15) is 10.1 Å². The Hall–Kier alpha value is -4.70. The van der Waals surface area contributed by atoms with Crippen LogP contribution in [0.15, 0.2) is 71.7 Å². The normalized spacial score (nSPS) is 11.8. The van der Waals surface area contributed by atoms with Crippen LogP contribution in [0.1, 0.15) is 42.3 Å². The Morgan fingerprint density at radius 1 is 1.11 bits per heavy atom. The molecule has 0 radical (unpaired) electrons. The number of hydrogen-bond donors (Lipinski definition) is 1. The molecule has 35 heavy (non-hydrogen) atoms. The van der Waals surface area contributed by atoms with Crippen molar-refractivity contribution in [2.45, 2.75) is 26.7 Å². The van der Waals surface area contributed by atoms with E-state index in [2.05, 4.69) is 34.9 Å². The molecule has 0 fully saturated rings. The molecule has 1 N–H and O–H groups in total. The predicted octanol–water partition coefficient (Wildman–Crippen LogP) is 5.86. The second-order valence-electron chi connectivity index (χ2n) is 8.64. The highest BCUT2D eigenvalue weighted by Gasteiger charge is 2.18. The number of H-pyrrole nitrogens is 1. The predicted molar refractivity (Wildman–Crippen MR) is 136 cm³/mol. The van der Waals surface area contributed by atoms with E-state index in [1.165, 1.54) is 10.5 Å². The van der Waals surface area contributed by atoms with Crippen molar-refractivity contribution in [3.05, 3.63) is 99.7 Å². The number of benzene rings is 2. The zero-order valence-electron chi connectivity index (χ0n) is 19.6. The van der Waals surface area contributed by atoms with Crippen LogP contribution in [-0.4, -0.2) is 19.4 Å². The maximum absolute atomic E-state index is 13.5. The molecule has 5 aromatic rings. The average molecular weight is 462 g/mol. The zero-order valence-corrected chi connectivity index (χ0v) is 19.6. The van der Waals surface area contributed by atoms with E-state index in [0.717, 1.165) is 22.2 Å². The van der Waals surface area contributed by atoms with E-state index in [1.807, 2.05) is 55.5 Å². The molecular formula is C28H23N5O2. The molecule has 0 saturated heterocycles. The van der Waals surface area contributed by atoms with Gasteiger partial charge in [0.1, 0.15) is 28.9 Å². The molecule has 0 atom stereocenters. The number of ether oxygens (including phenoxy) is 1. The Morgan fingerprint density at radius 2 is 1.91 bits per heavy atom. The Kier molecular flexibility index (Phi) is 5.63. The minimum absolute atomic E-state index is 0.137. The largest absolute Gasteiger partial charge is 0.438 e. The van der Waals surface area contributed by atoms with Gasteiger partial charge in [-0.2, -0.15) is 10.2 Å². The summed E-state index contributed by atoms with van der Waals surface area (Å²) in [5.74, 6) is 1.34. The van der Waals surface area contributed by atoms with Crippen LogP contribution in [0.4, 0.5) is 0 Å². The molecule has 0 spiro atoms. The van der Waals surface area contributed by atoms with Crippen molar-refractivity contribution in [3.8, 4) is 17.7 Å². The Balaban J connectivity index is 1.72. The third-order valence-electron chi connectivity index (χ3n) is 5.79. The number of para-hydroxylation sites is 2. The summed E-state index contributed by atoms with van der Waals surface area (Å²) in [5.41, 5.74) is 4.04. The summed E-state index contributed by atoms with van der Waals surface area (Å²) in [6.07, 6.45) is 3.14. The first-order valence-electron chi connectivity index (χ1n) is 11.3. The molecule has 0 bridgehead atoms. The van der Waals surface area contributed by atoms with Gasteiger partial charge in [0.05, 0.1) is 16.6 Å². The van der Waals surface area contributed by atoms with Gasteiger partial charge < -0.3 is 9.72 Å². The Labute approximate surface area is 202 Å².